The van der Waals surface area contributed by atoms with Gasteiger partial charge in [-0.05, 0) is 57.6 Å². The van der Waals surface area contributed by atoms with Crippen LogP contribution in [-0.4, -0.2) is 37.6 Å². The van der Waals surface area contributed by atoms with Gasteiger partial charge in [0.05, 0.1) is 12.0 Å². The Kier molecular flexibility index (Phi) is 5.96. The van der Waals surface area contributed by atoms with Crippen molar-refractivity contribution in [3.63, 3.8) is 0 Å². The molecule has 1 aromatic rings. The van der Waals surface area contributed by atoms with E-state index in [2.05, 4.69) is 4.90 Å². The molecule has 20 heavy (non-hydrogen) atoms. The second-order valence-corrected chi connectivity index (χ2v) is 5.11. The number of rotatable bonds is 3. The topological polar surface area (TPSA) is 29.5 Å². The van der Waals surface area contributed by atoms with E-state index in [0.29, 0.717) is 19.4 Å². The number of carbonyl (C=O) groups excluding carboxylic acids is 1. The summed E-state index contributed by atoms with van der Waals surface area (Å²) < 4.78 is 18.3. The van der Waals surface area contributed by atoms with Crippen molar-refractivity contribution < 1.29 is 13.9 Å². The summed E-state index contributed by atoms with van der Waals surface area (Å²) >= 11 is 0. The lowest BCUT2D eigenvalue weighted by atomic mass is 9.73. The Morgan fingerprint density at radius 2 is 1.85 bits per heavy atom. The molecule has 2 rings (SSSR count). The number of piperidine rings is 1. The van der Waals surface area contributed by atoms with E-state index in [-0.39, 0.29) is 24.2 Å². The molecule has 1 aliphatic rings. The molecule has 0 spiro atoms. The van der Waals surface area contributed by atoms with Crippen LogP contribution >= 0.6 is 12.4 Å². The maximum atomic E-state index is 13.1. The van der Waals surface area contributed by atoms with Crippen LogP contribution in [0.15, 0.2) is 24.3 Å². The summed E-state index contributed by atoms with van der Waals surface area (Å²) in [5, 5.41) is 0. The largest absolute Gasteiger partial charge is 0.465 e. The van der Waals surface area contributed by atoms with Crippen LogP contribution in [0.25, 0.3) is 0 Å². The van der Waals surface area contributed by atoms with Crippen LogP contribution in [0, 0.1) is 5.82 Å². The van der Waals surface area contributed by atoms with Crippen LogP contribution < -0.4 is 0 Å². The van der Waals surface area contributed by atoms with Crippen molar-refractivity contribution in [2.24, 2.45) is 0 Å². The van der Waals surface area contributed by atoms with E-state index in [9.17, 15) is 9.18 Å². The first kappa shape index (κ1) is 16.9. The normalized spacial score (nSPS) is 18.1. The number of carbonyl (C=O) groups is 1. The molecule has 5 heteroatoms. The molecule has 1 aromatic carbocycles. The number of nitrogens with zero attached hydrogens (tertiary/aromatic N) is 1. The number of halogens is 2. The summed E-state index contributed by atoms with van der Waals surface area (Å²) in [6.45, 7) is 3.87. The average molecular weight is 302 g/mol. The second kappa shape index (κ2) is 7.04. The summed E-state index contributed by atoms with van der Waals surface area (Å²) in [5.41, 5.74) is 0.247. The first-order chi connectivity index (χ1) is 9.08. The van der Waals surface area contributed by atoms with Gasteiger partial charge in [-0.25, -0.2) is 4.39 Å². The van der Waals surface area contributed by atoms with Crippen molar-refractivity contribution in [2.75, 3.05) is 26.7 Å². The maximum absolute atomic E-state index is 13.1. The Bertz CT molecular complexity index is 442. The van der Waals surface area contributed by atoms with Gasteiger partial charge in [0.2, 0.25) is 0 Å². The van der Waals surface area contributed by atoms with Crippen molar-refractivity contribution in [2.45, 2.75) is 25.2 Å². The molecule has 1 heterocycles. The summed E-state index contributed by atoms with van der Waals surface area (Å²) in [6, 6.07) is 6.23. The molecule has 112 valence electrons. The molecule has 1 aliphatic heterocycles. The quantitative estimate of drug-likeness (QED) is 0.804. The zero-order valence-electron chi connectivity index (χ0n) is 11.9. The predicted octanol–water partition coefficient (Wildman–Crippen LogP) is 2.77. The molecular formula is C15H21ClFNO2. The highest BCUT2D eigenvalue weighted by Gasteiger charge is 2.43. The fourth-order valence-corrected chi connectivity index (χ4v) is 2.65. The number of hydrogen-bond acceptors (Lipinski definition) is 3. The molecule has 0 aromatic heterocycles. The van der Waals surface area contributed by atoms with Gasteiger partial charge < -0.3 is 9.64 Å². The SMILES string of the molecule is CCOC(=O)C1(c2ccc(F)cc2)CCN(C)CC1.Cl. The van der Waals surface area contributed by atoms with Crippen molar-refractivity contribution in [3.8, 4) is 0 Å². The number of benzene rings is 1. The molecule has 0 saturated carbocycles. The highest BCUT2D eigenvalue weighted by atomic mass is 35.5. The molecule has 1 saturated heterocycles. The molecule has 1 fully saturated rings. The van der Waals surface area contributed by atoms with Crippen LogP contribution in [0.1, 0.15) is 25.3 Å². The molecule has 0 N–H and O–H groups in total. The van der Waals surface area contributed by atoms with Crippen LogP contribution in [0.4, 0.5) is 4.39 Å². The van der Waals surface area contributed by atoms with E-state index < -0.39 is 5.41 Å². The van der Waals surface area contributed by atoms with Crippen LogP contribution in [-0.2, 0) is 14.9 Å². The zero-order chi connectivity index (χ0) is 13.9. The van der Waals surface area contributed by atoms with E-state index >= 15 is 0 Å². The Hall–Kier alpha value is -1.13. The van der Waals surface area contributed by atoms with Crippen molar-refractivity contribution in [3.05, 3.63) is 35.6 Å². The minimum absolute atomic E-state index is 0. The van der Waals surface area contributed by atoms with Crippen LogP contribution in [0.3, 0.4) is 0 Å². The highest BCUT2D eigenvalue weighted by Crippen LogP contribution is 2.36. The van der Waals surface area contributed by atoms with Gasteiger partial charge in [-0.1, -0.05) is 12.1 Å². The summed E-state index contributed by atoms with van der Waals surface area (Å²) in [7, 11) is 2.04. The van der Waals surface area contributed by atoms with E-state index in [1.54, 1.807) is 12.1 Å². The number of esters is 1. The third-order valence-corrected chi connectivity index (χ3v) is 3.90. The van der Waals surface area contributed by atoms with Gasteiger partial charge in [-0.15, -0.1) is 12.4 Å². The Balaban J connectivity index is 0.00000200. The minimum atomic E-state index is -0.615. The number of hydrogen-bond donors (Lipinski definition) is 0. The predicted molar refractivity (Wildman–Crippen MR) is 78.7 cm³/mol. The summed E-state index contributed by atoms with van der Waals surface area (Å²) in [5.74, 6) is -0.467. The smallest absolute Gasteiger partial charge is 0.316 e. The summed E-state index contributed by atoms with van der Waals surface area (Å²) in [6.07, 6.45) is 1.43. The fraction of sp³-hybridized carbons (Fsp3) is 0.533. The van der Waals surface area contributed by atoms with E-state index in [4.69, 9.17) is 4.74 Å². The molecule has 0 unspecified atom stereocenters. The molecule has 0 radical (unpaired) electrons. The van der Waals surface area contributed by atoms with Crippen molar-refractivity contribution in [1.29, 1.82) is 0 Å². The van der Waals surface area contributed by atoms with Gasteiger partial charge >= 0.3 is 5.97 Å². The third-order valence-electron chi connectivity index (χ3n) is 3.90. The number of ether oxygens (including phenoxy) is 1. The second-order valence-electron chi connectivity index (χ2n) is 5.11. The van der Waals surface area contributed by atoms with Gasteiger partial charge in [0.15, 0.2) is 0 Å². The Morgan fingerprint density at radius 3 is 2.35 bits per heavy atom. The van der Waals surface area contributed by atoms with Gasteiger partial charge in [0.1, 0.15) is 5.82 Å². The van der Waals surface area contributed by atoms with E-state index in [1.165, 1.54) is 12.1 Å². The van der Waals surface area contributed by atoms with Crippen molar-refractivity contribution in [1.82, 2.24) is 4.90 Å². The fourth-order valence-electron chi connectivity index (χ4n) is 2.65. The lowest BCUT2D eigenvalue weighted by Crippen LogP contribution is -2.47. The maximum Gasteiger partial charge on any atom is 0.316 e. The van der Waals surface area contributed by atoms with Gasteiger partial charge in [-0.2, -0.15) is 0 Å². The van der Waals surface area contributed by atoms with Gasteiger partial charge in [-0.3, -0.25) is 4.79 Å². The van der Waals surface area contributed by atoms with Crippen molar-refractivity contribution >= 4 is 18.4 Å². The lowest BCUT2D eigenvalue weighted by molar-refractivity contribution is -0.152. The molecule has 0 atom stereocenters. The van der Waals surface area contributed by atoms with Crippen LogP contribution in [0.2, 0.25) is 0 Å². The zero-order valence-corrected chi connectivity index (χ0v) is 12.7. The Labute approximate surface area is 125 Å². The molecule has 0 bridgehead atoms. The van der Waals surface area contributed by atoms with Gasteiger partial charge in [0.25, 0.3) is 0 Å². The molecule has 0 aliphatic carbocycles. The monoisotopic (exact) mass is 301 g/mol. The first-order valence-corrected chi connectivity index (χ1v) is 6.70. The first-order valence-electron chi connectivity index (χ1n) is 6.70. The van der Waals surface area contributed by atoms with Gasteiger partial charge in [0, 0.05) is 0 Å². The Morgan fingerprint density at radius 1 is 1.30 bits per heavy atom. The molecule has 3 nitrogen and oxygen atoms in total. The summed E-state index contributed by atoms with van der Waals surface area (Å²) in [4.78, 5) is 14.6. The average Bonchev–Trinajstić information content (AvgIpc) is 2.41. The van der Waals surface area contributed by atoms with E-state index in [1.807, 2.05) is 14.0 Å². The standard InChI is InChI=1S/C15H20FNO2.ClH/c1-3-19-14(18)15(8-10-17(2)11-9-15)12-4-6-13(16)7-5-12;/h4-7H,3,8-11H2,1-2H3;1H. The van der Waals surface area contributed by atoms with E-state index in [0.717, 1.165) is 18.7 Å². The van der Waals surface area contributed by atoms with Crippen LogP contribution in [0.5, 0.6) is 0 Å². The molecule has 0 amide bonds. The number of likely N-dealkylation sites (tertiary alicyclic amines) is 1. The minimum Gasteiger partial charge on any atom is -0.465 e. The lowest BCUT2D eigenvalue weighted by Gasteiger charge is -2.38. The molecular weight excluding hydrogens is 281 g/mol. The highest BCUT2D eigenvalue weighted by molar-refractivity contribution is 5.85. The third kappa shape index (κ3) is 3.30.